The number of nitrogens with zero attached hydrogens (tertiary/aromatic N) is 3. The predicted molar refractivity (Wildman–Crippen MR) is 59.4 cm³/mol. The highest BCUT2D eigenvalue weighted by Gasteiger charge is 2.09. The van der Waals surface area contributed by atoms with Crippen LogP contribution >= 0.6 is 0 Å². The lowest BCUT2D eigenvalue weighted by Crippen LogP contribution is -1.97. The molecule has 0 spiro atoms. The van der Waals surface area contributed by atoms with Crippen LogP contribution in [-0.4, -0.2) is 25.8 Å². The monoisotopic (exact) mass is 235 g/mol. The smallest absolute Gasteiger partial charge is 0.303 e. The standard InChI is InChI=1S/C11H13N3O3/c1-2-14-7-8(5-13-14)9-6-12-10(17-9)3-4-11(15)16/h5-7H,2-4H2,1H3,(H,15,16). The number of hydrogen-bond donors (Lipinski definition) is 1. The Bertz CT molecular complexity index is 516. The van der Waals surface area contributed by atoms with Gasteiger partial charge in [-0.25, -0.2) is 4.98 Å². The van der Waals surface area contributed by atoms with Crippen molar-refractivity contribution in [1.29, 1.82) is 0 Å². The molecule has 6 nitrogen and oxygen atoms in total. The van der Waals surface area contributed by atoms with Gasteiger partial charge in [0, 0.05) is 19.2 Å². The Morgan fingerprint density at radius 2 is 2.35 bits per heavy atom. The summed E-state index contributed by atoms with van der Waals surface area (Å²) in [5.41, 5.74) is 0.848. The quantitative estimate of drug-likeness (QED) is 0.850. The zero-order valence-corrected chi connectivity index (χ0v) is 9.46. The molecule has 0 aliphatic rings. The number of carboxylic acids is 1. The van der Waals surface area contributed by atoms with Crippen LogP contribution in [0.3, 0.4) is 0 Å². The van der Waals surface area contributed by atoms with E-state index < -0.39 is 5.97 Å². The molecular formula is C11H13N3O3. The average molecular weight is 235 g/mol. The maximum atomic E-state index is 10.4. The van der Waals surface area contributed by atoms with E-state index in [4.69, 9.17) is 9.52 Å². The summed E-state index contributed by atoms with van der Waals surface area (Å²) in [6, 6.07) is 0. The van der Waals surface area contributed by atoms with Crippen LogP contribution < -0.4 is 0 Å². The van der Waals surface area contributed by atoms with Crippen LogP contribution in [0, 0.1) is 0 Å². The zero-order chi connectivity index (χ0) is 12.3. The van der Waals surface area contributed by atoms with E-state index in [1.807, 2.05) is 13.1 Å². The highest BCUT2D eigenvalue weighted by molar-refractivity contribution is 5.66. The highest BCUT2D eigenvalue weighted by Crippen LogP contribution is 2.20. The van der Waals surface area contributed by atoms with Crippen molar-refractivity contribution in [3.63, 3.8) is 0 Å². The van der Waals surface area contributed by atoms with Crippen LogP contribution in [0.25, 0.3) is 11.3 Å². The van der Waals surface area contributed by atoms with E-state index in [1.54, 1.807) is 17.1 Å². The minimum atomic E-state index is -0.858. The van der Waals surface area contributed by atoms with Crippen LogP contribution in [0.15, 0.2) is 23.0 Å². The number of aliphatic carboxylic acids is 1. The molecule has 17 heavy (non-hydrogen) atoms. The molecule has 0 bridgehead atoms. The van der Waals surface area contributed by atoms with Crippen molar-refractivity contribution < 1.29 is 14.3 Å². The number of carboxylic acid groups (broad SMARTS) is 1. The van der Waals surface area contributed by atoms with Gasteiger partial charge in [0.05, 0.1) is 24.4 Å². The van der Waals surface area contributed by atoms with Crippen LogP contribution in [0.1, 0.15) is 19.2 Å². The summed E-state index contributed by atoms with van der Waals surface area (Å²) in [7, 11) is 0. The van der Waals surface area contributed by atoms with Gasteiger partial charge in [0.2, 0.25) is 0 Å². The van der Waals surface area contributed by atoms with Gasteiger partial charge in [-0.3, -0.25) is 9.48 Å². The molecule has 0 radical (unpaired) electrons. The molecule has 0 aliphatic heterocycles. The third-order valence-corrected chi connectivity index (χ3v) is 2.35. The molecule has 1 N–H and O–H groups in total. The Morgan fingerprint density at radius 3 is 3.00 bits per heavy atom. The number of rotatable bonds is 5. The maximum absolute atomic E-state index is 10.4. The Labute approximate surface area is 97.9 Å². The number of hydrogen-bond acceptors (Lipinski definition) is 4. The van der Waals surface area contributed by atoms with E-state index in [0.29, 0.717) is 18.1 Å². The van der Waals surface area contributed by atoms with E-state index in [1.165, 1.54) is 0 Å². The van der Waals surface area contributed by atoms with Gasteiger partial charge < -0.3 is 9.52 Å². The van der Waals surface area contributed by atoms with E-state index in [2.05, 4.69) is 10.1 Å². The van der Waals surface area contributed by atoms with Crippen molar-refractivity contribution in [2.75, 3.05) is 0 Å². The zero-order valence-electron chi connectivity index (χ0n) is 9.46. The first-order valence-electron chi connectivity index (χ1n) is 5.38. The normalized spacial score (nSPS) is 10.6. The topological polar surface area (TPSA) is 81.2 Å². The van der Waals surface area contributed by atoms with Crippen LogP contribution in [-0.2, 0) is 17.8 Å². The first-order chi connectivity index (χ1) is 8.19. The Morgan fingerprint density at radius 1 is 1.53 bits per heavy atom. The molecular weight excluding hydrogens is 222 g/mol. The Balaban J connectivity index is 2.09. The maximum Gasteiger partial charge on any atom is 0.303 e. The number of aryl methyl sites for hydroxylation is 2. The molecule has 90 valence electrons. The lowest BCUT2D eigenvalue weighted by atomic mass is 10.3. The van der Waals surface area contributed by atoms with E-state index in [-0.39, 0.29) is 6.42 Å². The molecule has 2 aromatic heterocycles. The van der Waals surface area contributed by atoms with Crippen molar-refractivity contribution in [1.82, 2.24) is 14.8 Å². The first-order valence-corrected chi connectivity index (χ1v) is 5.38. The van der Waals surface area contributed by atoms with Crippen molar-refractivity contribution in [3.05, 3.63) is 24.5 Å². The predicted octanol–water partition coefficient (Wildman–Crippen LogP) is 1.58. The number of aromatic nitrogens is 3. The second kappa shape index (κ2) is 4.82. The van der Waals surface area contributed by atoms with Crippen molar-refractivity contribution in [2.24, 2.45) is 0 Å². The third kappa shape index (κ3) is 2.72. The number of carbonyl (C=O) groups is 1. The van der Waals surface area contributed by atoms with Gasteiger partial charge in [0.15, 0.2) is 11.7 Å². The van der Waals surface area contributed by atoms with Crippen LogP contribution in [0.2, 0.25) is 0 Å². The van der Waals surface area contributed by atoms with Crippen molar-refractivity contribution in [3.8, 4) is 11.3 Å². The highest BCUT2D eigenvalue weighted by atomic mass is 16.4. The molecule has 2 heterocycles. The molecule has 0 amide bonds. The molecule has 0 atom stereocenters. The SMILES string of the molecule is CCn1cc(-c2cnc(CCC(=O)O)o2)cn1. The van der Waals surface area contributed by atoms with Crippen molar-refractivity contribution >= 4 is 5.97 Å². The largest absolute Gasteiger partial charge is 0.481 e. The molecule has 0 fully saturated rings. The number of oxazole rings is 1. The molecule has 0 aromatic carbocycles. The van der Waals surface area contributed by atoms with Gasteiger partial charge in [0.25, 0.3) is 0 Å². The fourth-order valence-corrected chi connectivity index (χ4v) is 1.44. The second-order valence-corrected chi connectivity index (χ2v) is 3.60. The second-order valence-electron chi connectivity index (χ2n) is 3.60. The van der Waals surface area contributed by atoms with E-state index in [9.17, 15) is 4.79 Å². The summed E-state index contributed by atoms with van der Waals surface area (Å²) in [4.78, 5) is 14.4. The van der Waals surface area contributed by atoms with Gasteiger partial charge in [-0.2, -0.15) is 5.10 Å². The molecule has 0 saturated heterocycles. The minimum absolute atomic E-state index is 0.0220. The molecule has 6 heteroatoms. The Kier molecular flexibility index (Phi) is 3.22. The third-order valence-electron chi connectivity index (χ3n) is 2.35. The summed E-state index contributed by atoms with van der Waals surface area (Å²) in [5.74, 6) is 0.195. The summed E-state index contributed by atoms with van der Waals surface area (Å²) in [5, 5.41) is 12.7. The van der Waals surface area contributed by atoms with Crippen molar-refractivity contribution in [2.45, 2.75) is 26.3 Å². The fourth-order valence-electron chi connectivity index (χ4n) is 1.44. The fraction of sp³-hybridized carbons (Fsp3) is 0.364. The lowest BCUT2D eigenvalue weighted by Gasteiger charge is -1.92. The van der Waals surface area contributed by atoms with Crippen LogP contribution in [0.5, 0.6) is 0 Å². The van der Waals surface area contributed by atoms with Gasteiger partial charge in [-0.15, -0.1) is 0 Å². The molecule has 0 aliphatic carbocycles. The summed E-state index contributed by atoms with van der Waals surface area (Å²) < 4.78 is 7.24. The molecule has 2 aromatic rings. The Hall–Kier alpha value is -2.11. The van der Waals surface area contributed by atoms with Gasteiger partial charge >= 0.3 is 5.97 Å². The minimum Gasteiger partial charge on any atom is -0.481 e. The first kappa shape index (κ1) is 11.4. The molecule has 0 saturated carbocycles. The van der Waals surface area contributed by atoms with Gasteiger partial charge in [0.1, 0.15) is 0 Å². The van der Waals surface area contributed by atoms with E-state index >= 15 is 0 Å². The van der Waals surface area contributed by atoms with Gasteiger partial charge in [-0.05, 0) is 6.92 Å². The van der Waals surface area contributed by atoms with E-state index in [0.717, 1.165) is 12.1 Å². The molecule has 2 rings (SSSR count). The average Bonchev–Trinajstić information content (AvgIpc) is 2.94. The van der Waals surface area contributed by atoms with Gasteiger partial charge in [-0.1, -0.05) is 0 Å². The summed E-state index contributed by atoms with van der Waals surface area (Å²) in [6.45, 7) is 2.79. The van der Waals surface area contributed by atoms with Crippen LogP contribution in [0.4, 0.5) is 0 Å². The summed E-state index contributed by atoms with van der Waals surface area (Å²) >= 11 is 0. The summed E-state index contributed by atoms with van der Waals surface area (Å²) in [6.07, 6.45) is 5.48. The molecule has 0 unspecified atom stereocenters. The lowest BCUT2D eigenvalue weighted by molar-refractivity contribution is -0.137.